The minimum Gasteiger partial charge on any atom is -0.370 e. The third-order valence-electron chi connectivity index (χ3n) is 4.54. The number of hydrogen-bond donors (Lipinski definition) is 1. The molecule has 0 aliphatic carbocycles. The van der Waals surface area contributed by atoms with Gasteiger partial charge in [0, 0.05) is 19.1 Å². The molecule has 3 nitrogen and oxygen atoms in total. The average molecular weight is 290 g/mol. The van der Waals surface area contributed by atoms with E-state index in [9.17, 15) is 0 Å². The lowest BCUT2D eigenvalue weighted by Gasteiger charge is -2.37. The second kappa shape index (κ2) is 6.03. The number of halogens is 1. The summed E-state index contributed by atoms with van der Waals surface area (Å²) < 4.78 is 0. The molecule has 0 amide bonds. The number of benzene rings is 1. The monoisotopic (exact) mass is 289 g/mol. The van der Waals surface area contributed by atoms with Gasteiger partial charge in [-0.3, -0.25) is 0 Å². The van der Waals surface area contributed by atoms with Gasteiger partial charge in [-0.05, 0) is 56.3 Å². The molecule has 2 aliphatic rings. The Kier molecular flexibility index (Phi) is 4.14. The molecule has 2 aliphatic heterocycles. The maximum absolute atomic E-state index is 8.92. The van der Waals surface area contributed by atoms with Crippen LogP contribution in [0.1, 0.15) is 31.2 Å². The van der Waals surface area contributed by atoms with Gasteiger partial charge in [0.25, 0.3) is 0 Å². The maximum Gasteiger partial charge on any atom is 0.0992 e. The zero-order chi connectivity index (χ0) is 13.9. The van der Waals surface area contributed by atoms with E-state index < -0.39 is 0 Å². The molecule has 0 saturated carbocycles. The highest BCUT2D eigenvalue weighted by molar-refractivity contribution is 6.33. The molecule has 0 radical (unpaired) electrons. The van der Waals surface area contributed by atoms with Crippen LogP contribution in [0.4, 0.5) is 5.69 Å². The van der Waals surface area contributed by atoms with Crippen LogP contribution < -0.4 is 10.2 Å². The molecule has 106 valence electrons. The first kappa shape index (κ1) is 13.7. The molecule has 2 unspecified atom stereocenters. The highest BCUT2D eigenvalue weighted by atomic mass is 35.5. The van der Waals surface area contributed by atoms with Crippen LogP contribution in [-0.4, -0.2) is 25.7 Å². The molecule has 1 aromatic carbocycles. The minimum atomic E-state index is 0.629. The summed E-state index contributed by atoms with van der Waals surface area (Å²) in [5.74, 6) is 0.720. The van der Waals surface area contributed by atoms with Gasteiger partial charge in [-0.2, -0.15) is 5.26 Å². The van der Waals surface area contributed by atoms with Crippen molar-refractivity contribution in [1.29, 1.82) is 5.26 Å². The van der Waals surface area contributed by atoms with Crippen LogP contribution in [0, 0.1) is 17.2 Å². The van der Waals surface area contributed by atoms with Crippen LogP contribution in [0.3, 0.4) is 0 Å². The van der Waals surface area contributed by atoms with Crippen molar-refractivity contribution < 1.29 is 0 Å². The Balaban J connectivity index is 1.74. The van der Waals surface area contributed by atoms with E-state index in [1.165, 1.54) is 32.2 Å². The van der Waals surface area contributed by atoms with Gasteiger partial charge in [-0.25, -0.2) is 0 Å². The molecular weight excluding hydrogens is 270 g/mol. The Labute approximate surface area is 125 Å². The van der Waals surface area contributed by atoms with Gasteiger partial charge < -0.3 is 10.2 Å². The third kappa shape index (κ3) is 2.77. The second-order valence-electron chi connectivity index (χ2n) is 5.83. The lowest BCUT2D eigenvalue weighted by Crippen LogP contribution is -2.43. The summed E-state index contributed by atoms with van der Waals surface area (Å²) in [6.45, 7) is 3.30. The van der Waals surface area contributed by atoms with Gasteiger partial charge in [0.1, 0.15) is 0 Å². The number of piperidine rings is 1. The van der Waals surface area contributed by atoms with Crippen molar-refractivity contribution >= 4 is 17.3 Å². The third-order valence-corrected chi connectivity index (χ3v) is 4.85. The van der Waals surface area contributed by atoms with E-state index >= 15 is 0 Å². The minimum absolute atomic E-state index is 0.629. The smallest absolute Gasteiger partial charge is 0.0992 e. The fourth-order valence-electron chi connectivity index (χ4n) is 3.50. The predicted molar refractivity (Wildman–Crippen MR) is 82.1 cm³/mol. The number of nitriles is 1. The molecule has 20 heavy (non-hydrogen) atoms. The van der Waals surface area contributed by atoms with Crippen molar-refractivity contribution in [2.45, 2.75) is 31.7 Å². The number of anilines is 1. The van der Waals surface area contributed by atoms with Crippen LogP contribution in [-0.2, 0) is 0 Å². The molecule has 0 spiro atoms. The average Bonchev–Trinajstić information content (AvgIpc) is 3.01. The topological polar surface area (TPSA) is 39.1 Å². The molecule has 2 saturated heterocycles. The van der Waals surface area contributed by atoms with E-state index in [1.54, 1.807) is 6.07 Å². The van der Waals surface area contributed by atoms with E-state index in [0.717, 1.165) is 24.7 Å². The van der Waals surface area contributed by atoms with Crippen LogP contribution >= 0.6 is 11.6 Å². The summed E-state index contributed by atoms with van der Waals surface area (Å²) in [5, 5.41) is 13.2. The number of hydrogen-bond acceptors (Lipinski definition) is 3. The van der Waals surface area contributed by atoms with Crippen molar-refractivity contribution in [1.82, 2.24) is 5.32 Å². The molecular formula is C16H20ClN3. The van der Waals surface area contributed by atoms with Gasteiger partial charge in [0.2, 0.25) is 0 Å². The van der Waals surface area contributed by atoms with E-state index in [0.29, 0.717) is 16.6 Å². The fourth-order valence-corrected chi connectivity index (χ4v) is 3.80. The fraction of sp³-hybridized carbons (Fsp3) is 0.562. The predicted octanol–water partition coefficient (Wildman–Crippen LogP) is 3.18. The SMILES string of the molecule is N#Cc1ccc(N2CCCC(C3CCCN3)C2)c(Cl)c1. The van der Waals surface area contributed by atoms with Gasteiger partial charge in [0.05, 0.1) is 22.3 Å². The first-order valence-corrected chi connectivity index (χ1v) is 7.83. The number of nitrogens with zero attached hydrogens (tertiary/aromatic N) is 2. The Hall–Kier alpha value is -1.24. The highest BCUT2D eigenvalue weighted by Gasteiger charge is 2.29. The van der Waals surface area contributed by atoms with E-state index in [-0.39, 0.29) is 0 Å². The summed E-state index contributed by atoms with van der Waals surface area (Å²) in [7, 11) is 0. The number of nitrogens with one attached hydrogen (secondary N) is 1. The van der Waals surface area contributed by atoms with E-state index in [2.05, 4.69) is 16.3 Å². The molecule has 0 bridgehead atoms. The second-order valence-corrected chi connectivity index (χ2v) is 6.24. The summed E-state index contributed by atoms with van der Waals surface area (Å²) in [4.78, 5) is 2.39. The van der Waals surface area contributed by atoms with Crippen molar-refractivity contribution in [2.24, 2.45) is 5.92 Å². The Morgan fingerprint density at radius 1 is 1.30 bits per heavy atom. The van der Waals surface area contributed by atoms with E-state index in [1.807, 2.05) is 12.1 Å². The first-order valence-electron chi connectivity index (χ1n) is 7.46. The summed E-state index contributed by atoms with van der Waals surface area (Å²) >= 11 is 6.34. The first-order chi connectivity index (χ1) is 9.78. The largest absolute Gasteiger partial charge is 0.370 e. The van der Waals surface area contributed by atoms with Crippen molar-refractivity contribution in [3.05, 3.63) is 28.8 Å². The molecule has 4 heteroatoms. The van der Waals surface area contributed by atoms with Crippen molar-refractivity contribution in [3.8, 4) is 6.07 Å². The van der Waals surface area contributed by atoms with Crippen LogP contribution in [0.25, 0.3) is 0 Å². The summed E-state index contributed by atoms with van der Waals surface area (Å²) in [6.07, 6.45) is 5.14. The molecule has 1 aromatic rings. The quantitative estimate of drug-likeness (QED) is 0.909. The van der Waals surface area contributed by atoms with Gasteiger partial charge in [-0.1, -0.05) is 11.6 Å². The standard InChI is InChI=1S/C16H20ClN3/c17-14-9-12(10-18)5-6-16(14)20-8-2-3-13(11-20)15-4-1-7-19-15/h5-6,9,13,15,19H,1-4,7-8,11H2. The van der Waals surface area contributed by atoms with Crippen molar-refractivity contribution in [3.63, 3.8) is 0 Å². The molecule has 0 aromatic heterocycles. The van der Waals surface area contributed by atoms with Crippen molar-refractivity contribution in [2.75, 3.05) is 24.5 Å². The zero-order valence-corrected chi connectivity index (χ0v) is 12.4. The number of rotatable bonds is 2. The highest BCUT2D eigenvalue weighted by Crippen LogP contribution is 2.32. The van der Waals surface area contributed by atoms with Gasteiger partial charge in [0.15, 0.2) is 0 Å². The van der Waals surface area contributed by atoms with Gasteiger partial charge in [-0.15, -0.1) is 0 Å². The van der Waals surface area contributed by atoms with Crippen LogP contribution in [0.2, 0.25) is 5.02 Å². The molecule has 2 fully saturated rings. The molecule has 2 heterocycles. The molecule has 2 atom stereocenters. The zero-order valence-electron chi connectivity index (χ0n) is 11.6. The lowest BCUT2D eigenvalue weighted by atomic mass is 9.89. The molecule has 1 N–H and O–H groups in total. The van der Waals surface area contributed by atoms with E-state index in [4.69, 9.17) is 16.9 Å². The Bertz CT molecular complexity index is 517. The lowest BCUT2D eigenvalue weighted by molar-refractivity contribution is 0.329. The molecule has 3 rings (SSSR count). The maximum atomic E-state index is 8.92. The summed E-state index contributed by atoms with van der Waals surface area (Å²) in [6, 6.07) is 8.44. The summed E-state index contributed by atoms with van der Waals surface area (Å²) in [5.41, 5.74) is 1.71. The Morgan fingerprint density at radius 3 is 2.90 bits per heavy atom. The Morgan fingerprint density at radius 2 is 2.20 bits per heavy atom. The van der Waals surface area contributed by atoms with Crippen LogP contribution in [0.15, 0.2) is 18.2 Å². The normalized spacial score (nSPS) is 26.5. The van der Waals surface area contributed by atoms with Crippen LogP contribution in [0.5, 0.6) is 0 Å². The van der Waals surface area contributed by atoms with Gasteiger partial charge >= 0.3 is 0 Å².